The molecule has 78 valence electrons. The van der Waals surface area contributed by atoms with Gasteiger partial charge < -0.3 is 9.47 Å². The highest BCUT2D eigenvalue weighted by Crippen LogP contribution is 2.60. The van der Waals surface area contributed by atoms with Crippen molar-refractivity contribution in [1.82, 2.24) is 0 Å². The number of rotatable bonds is 0. The first kappa shape index (κ1) is 8.25. The molecule has 4 aliphatic rings. The first-order chi connectivity index (χ1) is 7.33. The Morgan fingerprint density at radius 1 is 1.13 bits per heavy atom. The smallest absolute Gasteiger partial charge is 0.182 e. The Bertz CT molecular complexity index is 390. The van der Waals surface area contributed by atoms with Gasteiger partial charge in [0, 0.05) is 17.8 Å². The van der Waals surface area contributed by atoms with Crippen LogP contribution in [0.3, 0.4) is 0 Å². The van der Waals surface area contributed by atoms with Crippen LogP contribution in [0.25, 0.3) is 0 Å². The van der Waals surface area contributed by atoms with Crippen LogP contribution < -0.4 is 0 Å². The predicted octanol–water partition coefficient (Wildman–Crippen LogP) is 0.917. The third kappa shape index (κ3) is 0.755. The van der Waals surface area contributed by atoms with E-state index >= 15 is 0 Å². The molecule has 4 rings (SSSR count). The van der Waals surface area contributed by atoms with Crippen molar-refractivity contribution in [1.29, 1.82) is 0 Å². The van der Waals surface area contributed by atoms with E-state index in [1.807, 2.05) is 6.08 Å². The summed E-state index contributed by atoms with van der Waals surface area (Å²) in [6, 6.07) is 0. The fraction of sp³-hybridized carbons (Fsp3) is 0.583. The number of hydrogen-bond acceptors (Lipinski definition) is 3. The van der Waals surface area contributed by atoms with Gasteiger partial charge in [-0.2, -0.15) is 0 Å². The Balaban J connectivity index is 1.83. The molecule has 2 fully saturated rings. The molecule has 1 heterocycles. The molecule has 1 spiro atoms. The van der Waals surface area contributed by atoms with Gasteiger partial charge in [0.05, 0.1) is 13.2 Å². The van der Waals surface area contributed by atoms with Crippen molar-refractivity contribution < 1.29 is 14.3 Å². The van der Waals surface area contributed by atoms with Gasteiger partial charge in [-0.15, -0.1) is 0 Å². The number of carbonyl (C=O) groups excluding carboxylic acids is 1. The summed E-state index contributed by atoms with van der Waals surface area (Å²) in [5, 5.41) is 0. The topological polar surface area (TPSA) is 35.5 Å². The predicted molar refractivity (Wildman–Crippen MR) is 51.9 cm³/mol. The van der Waals surface area contributed by atoms with Crippen molar-refractivity contribution in [3.8, 4) is 0 Å². The number of hydrogen-bond donors (Lipinski definition) is 0. The Labute approximate surface area is 87.7 Å². The minimum absolute atomic E-state index is 0.0816. The maximum absolute atomic E-state index is 11.8. The van der Waals surface area contributed by atoms with Gasteiger partial charge in [-0.3, -0.25) is 4.79 Å². The maximum Gasteiger partial charge on any atom is 0.182 e. The lowest BCUT2D eigenvalue weighted by atomic mass is 9.85. The lowest BCUT2D eigenvalue weighted by molar-refractivity contribution is -0.188. The van der Waals surface area contributed by atoms with E-state index in [1.54, 1.807) is 6.08 Å². The van der Waals surface area contributed by atoms with E-state index in [4.69, 9.17) is 9.47 Å². The molecule has 1 aliphatic heterocycles. The van der Waals surface area contributed by atoms with E-state index in [0.29, 0.717) is 19.1 Å². The van der Waals surface area contributed by atoms with Crippen LogP contribution in [0.4, 0.5) is 0 Å². The Hall–Kier alpha value is -0.930. The average molecular weight is 204 g/mol. The van der Waals surface area contributed by atoms with E-state index in [1.165, 1.54) is 0 Å². The quantitative estimate of drug-likeness (QED) is 0.550. The molecule has 3 nitrogen and oxygen atoms in total. The highest BCUT2D eigenvalue weighted by atomic mass is 16.7. The summed E-state index contributed by atoms with van der Waals surface area (Å²) in [5.41, 5.74) is 0. The summed E-state index contributed by atoms with van der Waals surface area (Å²) in [4.78, 5) is 11.8. The van der Waals surface area contributed by atoms with Gasteiger partial charge in [-0.05, 0) is 12.0 Å². The maximum atomic E-state index is 11.8. The van der Waals surface area contributed by atoms with Gasteiger partial charge >= 0.3 is 0 Å². The summed E-state index contributed by atoms with van der Waals surface area (Å²) >= 11 is 0. The zero-order valence-corrected chi connectivity index (χ0v) is 8.26. The van der Waals surface area contributed by atoms with E-state index in [0.717, 1.165) is 0 Å². The van der Waals surface area contributed by atoms with Crippen LogP contribution in [0.15, 0.2) is 24.3 Å². The third-order valence-corrected chi connectivity index (χ3v) is 4.22. The number of fused-ring (bicyclic) bond motifs is 3. The highest BCUT2D eigenvalue weighted by molar-refractivity contribution is 5.96. The van der Waals surface area contributed by atoms with Gasteiger partial charge in [0.2, 0.25) is 0 Å². The Morgan fingerprint density at radius 2 is 1.87 bits per heavy atom. The van der Waals surface area contributed by atoms with E-state index in [9.17, 15) is 4.79 Å². The summed E-state index contributed by atoms with van der Waals surface area (Å²) in [6.45, 7) is 1.32. The molecular formula is C12H12O3. The molecule has 3 heteroatoms. The number of ether oxygens (including phenoxy) is 2. The monoisotopic (exact) mass is 204 g/mol. The molecule has 0 amide bonds. The molecule has 0 radical (unpaired) electrons. The lowest BCUT2D eigenvalue weighted by Crippen LogP contribution is -2.38. The normalized spacial score (nSPS) is 48.4. The van der Waals surface area contributed by atoms with Crippen LogP contribution in [0.5, 0.6) is 0 Å². The molecule has 0 N–H and O–H groups in total. The molecule has 0 aromatic rings. The molecule has 15 heavy (non-hydrogen) atoms. The SMILES string of the molecule is O=C1C=C[C@H]2[C@H]1[C@H]1C=C[C@@H]2C12OCCO2. The standard InChI is InChI=1S/C12H12O3/c13-10-4-1-7-8-2-3-9(11(7)10)12(8)14-5-6-15-12/h1-4,7-9,11H,5-6H2/t7-,8+,9-,11+/m1/s1. The van der Waals surface area contributed by atoms with Crippen molar-refractivity contribution in [2.75, 3.05) is 13.2 Å². The summed E-state index contributed by atoms with van der Waals surface area (Å²) in [7, 11) is 0. The van der Waals surface area contributed by atoms with Crippen molar-refractivity contribution >= 4 is 5.78 Å². The van der Waals surface area contributed by atoms with Crippen molar-refractivity contribution in [3.63, 3.8) is 0 Å². The van der Waals surface area contributed by atoms with Gasteiger partial charge in [-0.25, -0.2) is 0 Å². The van der Waals surface area contributed by atoms with Gasteiger partial charge in [-0.1, -0.05) is 18.2 Å². The van der Waals surface area contributed by atoms with Crippen molar-refractivity contribution in [3.05, 3.63) is 24.3 Å². The highest BCUT2D eigenvalue weighted by Gasteiger charge is 2.66. The molecule has 4 atom stereocenters. The first-order valence-electron chi connectivity index (χ1n) is 5.51. The minimum atomic E-state index is -0.490. The summed E-state index contributed by atoms with van der Waals surface area (Å²) in [5.74, 6) is 0.532. The van der Waals surface area contributed by atoms with Crippen molar-refractivity contribution in [2.24, 2.45) is 23.7 Å². The summed E-state index contributed by atoms with van der Waals surface area (Å²) in [6.07, 6.45) is 8.04. The average Bonchev–Trinajstić information content (AvgIpc) is 2.96. The molecule has 0 aromatic heterocycles. The molecule has 0 aromatic carbocycles. The van der Waals surface area contributed by atoms with Crippen LogP contribution in [-0.2, 0) is 14.3 Å². The lowest BCUT2D eigenvalue weighted by Gasteiger charge is -2.28. The molecular weight excluding hydrogens is 192 g/mol. The van der Waals surface area contributed by atoms with Crippen LogP contribution >= 0.6 is 0 Å². The number of allylic oxidation sites excluding steroid dienone is 2. The third-order valence-electron chi connectivity index (χ3n) is 4.22. The number of carbonyl (C=O) groups is 1. The number of ketones is 1. The molecule has 1 saturated heterocycles. The largest absolute Gasteiger partial charge is 0.346 e. The fourth-order valence-corrected chi connectivity index (χ4v) is 3.71. The van der Waals surface area contributed by atoms with E-state index < -0.39 is 5.79 Å². The van der Waals surface area contributed by atoms with E-state index in [-0.39, 0.29) is 23.5 Å². The van der Waals surface area contributed by atoms with Gasteiger partial charge in [0.25, 0.3) is 0 Å². The van der Waals surface area contributed by atoms with Crippen LogP contribution in [0.1, 0.15) is 0 Å². The molecule has 3 aliphatic carbocycles. The van der Waals surface area contributed by atoms with Crippen molar-refractivity contribution in [2.45, 2.75) is 5.79 Å². The van der Waals surface area contributed by atoms with Crippen LogP contribution in [0.2, 0.25) is 0 Å². The van der Waals surface area contributed by atoms with Crippen LogP contribution in [-0.4, -0.2) is 24.8 Å². The second-order valence-corrected chi connectivity index (χ2v) is 4.72. The zero-order valence-electron chi connectivity index (χ0n) is 8.26. The Kier molecular flexibility index (Phi) is 1.33. The second kappa shape index (κ2) is 2.42. The molecule has 0 unspecified atom stereocenters. The Morgan fingerprint density at radius 3 is 2.60 bits per heavy atom. The fourth-order valence-electron chi connectivity index (χ4n) is 3.71. The van der Waals surface area contributed by atoms with Crippen LogP contribution in [0, 0.1) is 23.7 Å². The van der Waals surface area contributed by atoms with E-state index in [2.05, 4.69) is 12.2 Å². The second-order valence-electron chi connectivity index (χ2n) is 4.72. The molecule has 1 saturated carbocycles. The zero-order chi connectivity index (χ0) is 10.0. The van der Waals surface area contributed by atoms with Gasteiger partial charge in [0.1, 0.15) is 0 Å². The molecule has 2 bridgehead atoms. The summed E-state index contributed by atoms with van der Waals surface area (Å²) < 4.78 is 11.6. The first-order valence-corrected chi connectivity index (χ1v) is 5.51. The van der Waals surface area contributed by atoms with Gasteiger partial charge in [0.15, 0.2) is 11.6 Å². The minimum Gasteiger partial charge on any atom is -0.346 e.